The first-order valence-electron chi connectivity index (χ1n) is 6.53. The molecule has 6 heteroatoms. The first kappa shape index (κ1) is 16.0. The van der Waals surface area contributed by atoms with E-state index >= 15 is 0 Å². The zero-order chi connectivity index (χ0) is 15.1. The van der Waals surface area contributed by atoms with Crippen LogP contribution in [0.1, 0.15) is 12.5 Å². The van der Waals surface area contributed by atoms with Crippen LogP contribution < -0.4 is 11.1 Å². The third-order valence-electron chi connectivity index (χ3n) is 2.91. The van der Waals surface area contributed by atoms with Crippen LogP contribution in [0.15, 0.2) is 24.3 Å². The second-order valence-corrected chi connectivity index (χ2v) is 4.64. The van der Waals surface area contributed by atoms with E-state index in [-0.39, 0.29) is 18.5 Å². The number of nitrogens with one attached hydrogen (secondary N) is 1. The van der Waals surface area contributed by atoms with Crippen LogP contribution >= 0.6 is 0 Å². The molecule has 6 nitrogen and oxygen atoms in total. The minimum Gasteiger partial charge on any atom is -0.347 e. The van der Waals surface area contributed by atoms with Crippen molar-refractivity contribution < 1.29 is 9.59 Å². The van der Waals surface area contributed by atoms with Crippen molar-refractivity contribution in [3.05, 3.63) is 29.8 Å². The fourth-order valence-corrected chi connectivity index (χ4v) is 1.61. The number of likely N-dealkylation sites (N-methyl/N-ethyl adjacent to an activating group) is 2. The number of rotatable bonds is 5. The van der Waals surface area contributed by atoms with Gasteiger partial charge in [0.05, 0.1) is 0 Å². The highest BCUT2D eigenvalue weighted by molar-refractivity contribution is 5.92. The Morgan fingerprint density at radius 2 is 2.00 bits per heavy atom. The molecule has 1 aromatic carbocycles. The number of nitrogens with zero attached hydrogens (tertiary/aromatic N) is 2. The van der Waals surface area contributed by atoms with E-state index < -0.39 is 0 Å². The predicted molar refractivity (Wildman–Crippen MR) is 79.3 cm³/mol. The van der Waals surface area contributed by atoms with Gasteiger partial charge in [0.2, 0.25) is 5.91 Å². The van der Waals surface area contributed by atoms with Gasteiger partial charge < -0.3 is 20.9 Å². The van der Waals surface area contributed by atoms with Crippen LogP contribution in [0.2, 0.25) is 0 Å². The molecule has 20 heavy (non-hydrogen) atoms. The summed E-state index contributed by atoms with van der Waals surface area (Å²) in [7, 11) is 3.33. The van der Waals surface area contributed by atoms with Gasteiger partial charge in [0, 0.05) is 32.9 Å². The minimum absolute atomic E-state index is 0.0614. The lowest BCUT2D eigenvalue weighted by Crippen LogP contribution is -2.42. The molecule has 0 aromatic heterocycles. The van der Waals surface area contributed by atoms with Crippen molar-refractivity contribution in [1.29, 1.82) is 0 Å². The number of anilines is 1. The van der Waals surface area contributed by atoms with E-state index in [1.165, 1.54) is 9.80 Å². The summed E-state index contributed by atoms with van der Waals surface area (Å²) in [5.41, 5.74) is 7.18. The number of nitrogens with two attached hydrogens (primary N) is 1. The van der Waals surface area contributed by atoms with Crippen molar-refractivity contribution in [1.82, 2.24) is 9.80 Å². The van der Waals surface area contributed by atoms with E-state index in [2.05, 4.69) is 5.32 Å². The van der Waals surface area contributed by atoms with Gasteiger partial charge >= 0.3 is 6.03 Å². The monoisotopic (exact) mass is 278 g/mol. The third kappa shape index (κ3) is 4.55. The highest BCUT2D eigenvalue weighted by Crippen LogP contribution is 2.11. The second kappa shape index (κ2) is 7.49. The number of amides is 3. The van der Waals surface area contributed by atoms with Gasteiger partial charge in [0.25, 0.3) is 0 Å². The van der Waals surface area contributed by atoms with Crippen LogP contribution in [0.3, 0.4) is 0 Å². The molecule has 0 unspecified atom stereocenters. The number of carbonyl (C=O) groups excluding carboxylic acids is 2. The smallest absolute Gasteiger partial charge is 0.322 e. The van der Waals surface area contributed by atoms with Crippen molar-refractivity contribution in [3.8, 4) is 0 Å². The Balaban J connectivity index is 2.69. The van der Waals surface area contributed by atoms with Crippen LogP contribution in [0, 0.1) is 0 Å². The number of benzene rings is 1. The Hall–Kier alpha value is -2.08. The largest absolute Gasteiger partial charge is 0.347 e. The summed E-state index contributed by atoms with van der Waals surface area (Å²) in [6.45, 7) is 2.77. The first-order chi connectivity index (χ1) is 9.47. The van der Waals surface area contributed by atoms with Gasteiger partial charge in [-0.3, -0.25) is 4.79 Å². The molecule has 0 spiro atoms. The molecule has 0 saturated heterocycles. The molecule has 0 atom stereocenters. The lowest BCUT2D eigenvalue weighted by Gasteiger charge is -2.22. The summed E-state index contributed by atoms with van der Waals surface area (Å²) in [5.74, 6) is -0.113. The van der Waals surface area contributed by atoms with Gasteiger partial charge in [0.1, 0.15) is 6.54 Å². The maximum absolute atomic E-state index is 12.1. The lowest BCUT2D eigenvalue weighted by atomic mass is 10.2. The third-order valence-corrected chi connectivity index (χ3v) is 2.91. The summed E-state index contributed by atoms with van der Waals surface area (Å²) >= 11 is 0. The van der Waals surface area contributed by atoms with Crippen molar-refractivity contribution in [2.75, 3.05) is 32.5 Å². The molecule has 0 aliphatic heterocycles. The topological polar surface area (TPSA) is 78.7 Å². The standard InChI is InChI=1S/C14H22N4O2/c1-4-18(10-13(19)17(2)3)14(20)16-12-7-5-6-11(8-12)9-15/h5-8H,4,9-10,15H2,1-3H3,(H,16,20). The van der Waals surface area contributed by atoms with Crippen LogP contribution in [-0.4, -0.2) is 48.9 Å². The molecule has 0 saturated carbocycles. The molecular weight excluding hydrogens is 256 g/mol. The molecule has 3 N–H and O–H groups in total. The van der Waals surface area contributed by atoms with Gasteiger partial charge in [-0.15, -0.1) is 0 Å². The lowest BCUT2D eigenvalue weighted by molar-refractivity contribution is -0.129. The average Bonchev–Trinajstić information content (AvgIpc) is 2.44. The zero-order valence-corrected chi connectivity index (χ0v) is 12.2. The second-order valence-electron chi connectivity index (χ2n) is 4.64. The normalized spacial score (nSPS) is 10.0. The van der Waals surface area contributed by atoms with Crippen LogP contribution in [0.5, 0.6) is 0 Å². The van der Waals surface area contributed by atoms with E-state index in [1.54, 1.807) is 20.2 Å². The fourth-order valence-electron chi connectivity index (χ4n) is 1.61. The Morgan fingerprint density at radius 1 is 1.30 bits per heavy atom. The summed E-state index contributed by atoms with van der Waals surface area (Å²) in [5, 5.41) is 2.77. The minimum atomic E-state index is -0.295. The molecule has 1 aromatic rings. The van der Waals surface area contributed by atoms with Gasteiger partial charge in [0.15, 0.2) is 0 Å². The highest BCUT2D eigenvalue weighted by Gasteiger charge is 2.16. The summed E-state index contributed by atoms with van der Waals surface area (Å²) in [6, 6.07) is 7.04. The molecule has 3 amide bonds. The van der Waals surface area contributed by atoms with Gasteiger partial charge in [-0.25, -0.2) is 4.79 Å². The van der Waals surface area contributed by atoms with E-state index in [0.717, 1.165) is 5.56 Å². The molecular formula is C14H22N4O2. The summed E-state index contributed by atoms with van der Waals surface area (Å²) in [6.07, 6.45) is 0. The van der Waals surface area contributed by atoms with E-state index in [4.69, 9.17) is 5.73 Å². The molecule has 0 bridgehead atoms. The van der Waals surface area contributed by atoms with Gasteiger partial charge in [-0.05, 0) is 24.6 Å². The zero-order valence-electron chi connectivity index (χ0n) is 12.2. The van der Waals surface area contributed by atoms with E-state index in [9.17, 15) is 9.59 Å². The molecule has 0 aliphatic carbocycles. The maximum Gasteiger partial charge on any atom is 0.322 e. The predicted octanol–water partition coefficient (Wildman–Crippen LogP) is 1.09. The summed E-state index contributed by atoms with van der Waals surface area (Å²) < 4.78 is 0. The Morgan fingerprint density at radius 3 is 2.55 bits per heavy atom. The van der Waals surface area contributed by atoms with E-state index in [0.29, 0.717) is 18.8 Å². The quantitative estimate of drug-likeness (QED) is 0.846. The Labute approximate surface area is 119 Å². The molecule has 1 rings (SSSR count). The highest BCUT2D eigenvalue weighted by atomic mass is 16.2. The molecule has 110 valence electrons. The van der Waals surface area contributed by atoms with Crippen molar-refractivity contribution >= 4 is 17.6 Å². The summed E-state index contributed by atoms with van der Waals surface area (Å²) in [4.78, 5) is 26.7. The van der Waals surface area contributed by atoms with E-state index in [1.807, 2.05) is 25.1 Å². The van der Waals surface area contributed by atoms with Crippen molar-refractivity contribution in [2.45, 2.75) is 13.5 Å². The number of urea groups is 1. The van der Waals surface area contributed by atoms with Gasteiger partial charge in [-0.2, -0.15) is 0 Å². The molecule has 0 aliphatic rings. The van der Waals surface area contributed by atoms with Crippen LogP contribution in [0.4, 0.5) is 10.5 Å². The maximum atomic E-state index is 12.1. The van der Waals surface area contributed by atoms with Crippen molar-refractivity contribution in [2.24, 2.45) is 5.73 Å². The Kier molecular flexibility index (Phi) is 5.99. The van der Waals surface area contributed by atoms with Gasteiger partial charge in [-0.1, -0.05) is 12.1 Å². The Bertz CT molecular complexity index is 474. The average molecular weight is 278 g/mol. The van der Waals surface area contributed by atoms with Crippen LogP contribution in [-0.2, 0) is 11.3 Å². The first-order valence-corrected chi connectivity index (χ1v) is 6.53. The molecule has 0 heterocycles. The van der Waals surface area contributed by atoms with Crippen molar-refractivity contribution in [3.63, 3.8) is 0 Å². The fraction of sp³-hybridized carbons (Fsp3) is 0.429. The number of hydrogen-bond acceptors (Lipinski definition) is 3. The SMILES string of the molecule is CCN(CC(=O)N(C)C)C(=O)Nc1cccc(CN)c1. The van der Waals surface area contributed by atoms with Crippen LogP contribution in [0.25, 0.3) is 0 Å². The number of hydrogen-bond donors (Lipinski definition) is 2. The number of carbonyl (C=O) groups is 2. The molecule has 0 fully saturated rings. The molecule has 0 radical (unpaired) electrons.